The van der Waals surface area contributed by atoms with Gasteiger partial charge in [0.25, 0.3) is 0 Å². The fraction of sp³-hybridized carbons (Fsp3) is 0.615. The molecule has 0 saturated carbocycles. The van der Waals surface area contributed by atoms with Crippen LogP contribution in [0.4, 0.5) is 0 Å². The van der Waals surface area contributed by atoms with E-state index in [4.69, 9.17) is 4.74 Å². The number of aromatic nitrogens is 1. The summed E-state index contributed by atoms with van der Waals surface area (Å²) < 4.78 is 5.12. The summed E-state index contributed by atoms with van der Waals surface area (Å²) in [6, 6.07) is 0. The number of aliphatic hydroxyl groups excluding tert-OH is 1. The van der Waals surface area contributed by atoms with E-state index < -0.39 is 0 Å². The largest absolute Gasteiger partial charge is 0.506 e. The van der Waals surface area contributed by atoms with Gasteiger partial charge in [-0.1, -0.05) is 0 Å². The van der Waals surface area contributed by atoms with Crippen molar-refractivity contribution in [2.24, 2.45) is 0 Å². The SMILES string of the molecule is COCC(C)(C)NCc1c(CO)cnc(C)c1O. The molecule has 102 valence electrons. The van der Waals surface area contributed by atoms with Crippen LogP contribution in [0.3, 0.4) is 0 Å². The number of hydrogen-bond acceptors (Lipinski definition) is 5. The molecule has 0 atom stereocenters. The van der Waals surface area contributed by atoms with Crippen molar-refractivity contribution in [3.8, 4) is 5.75 Å². The fourth-order valence-electron chi connectivity index (χ4n) is 1.76. The van der Waals surface area contributed by atoms with Crippen LogP contribution in [0.1, 0.15) is 30.7 Å². The van der Waals surface area contributed by atoms with E-state index in [9.17, 15) is 10.2 Å². The molecule has 5 nitrogen and oxygen atoms in total. The molecular formula is C13H22N2O3. The van der Waals surface area contributed by atoms with Crippen LogP contribution in [0.15, 0.2) is 6.20 Å². The van der Waals surface area contributed by atoms with Gasteiger partial charge in [0.1, 0.15) is 5.75 Å². The summed E-state index contributed by atoms with van der Waals surface area (Å²) in [5.74, 6) is 0.141. The summed E-state index contributed by atoms with van der Waals surface area (Å²) in [7, 11) is 1.65. The first-order valence-corrected chi connectivity index (χ1v) is 5.92. The predicted molar refractivity (Wildman–Crippen MR) is 69.4 cm³/mol. The zero-order valence-corrected chi connectivity index (χ0v) is 11.4. The molecular weight excluding hydrogens is 232 g/mol. The van der Waals surface area contributed by atoms with Crippen LogP contribution in [0.25, 0.3) is 0 Å². The number of nitrogens with one attached hydrogen (secondary N) is 1. The lowest BCUT2D eigenvalue weighted by Crippen LogP contribution is -2.42. The Balaban J connectivity index is 2.87. The lowest BCUT2D eigenvalue weighted by molar-refractivity contribution is 0.127. The first-order chi connectivity index (χ1) is 8.41. The maximum Gasteiger partial charge on any atom is 0.141 e. The molecule has 1 rings (SSSR count). The highest BCUT2D eigenvalue weighted by Gasteiger charge is 2.19. The highest BCUT2D eigenvalue weighted by molar-refractivity contribution is 5.40. The number of aromatic hydroxyl groups is 1. The van der Waals surface area contributed by atoms with E-state index in [1.54, 1.807) is 20.2 Å². The smallest absolute Gasteiger partial charge is 0.141 e. The Hall–Kier alpha value is -1.17. The molecule has 18 heavy (non-hydrogen) atoms. The molecule has 0 radical (unpaired) electrons. The summed E-state index contributed by atoms with van der Waals surface area (Å²) in [4.78, 5) is 4.03. The molecule has 0 amide bonds. The van der Waals surface area contributed by atoms with Gasteiger partial charge in [-0.15, -0.1) is 0 Å². The molecule has 0 spiro atoms. The Labute approximate surface area is 108 Å². The fourth-order valence-corrected chi connectivity index (χ4v) is 1.76. The molecule has 0 bridgehead atoms. The average Bonchev–Trinajstić information content (AvgIpc) is 2.31. The number of rotatable bonds is 6. The molecule has 0 aliphatic rings. The van der Waals surface area contributed by atoms with Crippen molar-refractivity contribution < 1.29 is 14.9 Å². The molecule has 1 aromatic rings. The quantitative estimate of drug-likeness (QED) is 0.709. The molecule has 0 aromatic carbocycles. The second-order valence-electron chi connectivity index (χ2n) is 5.02. The van der Waals surface area contributed by atoms with Crippen molar-refractivity contribution in [3.63, 3.8) is 0 Å². The number of hydrogen-bond donors (Lipinski definition) is 3. The molecule has 0 aliphatic heterocycles. The van der Waals surface area contributed by atoms with Gasteiger partial charge in [0.2, 0.25) is 0 Å². The Kier molecular flexibility index (Phi) is 5.07. The number of methoxy groups -OCH3 is 1. The Bertz CT molecular complexity index is 405. The zero-order valence-electron chi connectivity index (χ0n) is 11.4. The summed E-state index contributed by atoms with van der Waals surface area (Å²) in [5, 5.41) is 22.5. The topological polar surface area (TPSA) is 74.6 Å². The second kappa shape index (κ2) is 6.13. The van der Waals surface area contributed by atoms with E-state index in [0.717, 1.165) is 0 Å². The van der Waals surface area contributed by atoms with Crippen molar-refractivity contribution >= 4 is 0 Å². The van der Waals surface area contributed by atoms with Gasteiger partial charge in [-0.2, -0.15) is 0 Å². The minimum Gasteiger partial charge on any atom is -0.506 e. The summed E-state index contributed by atoms with van der Waals surface area (Å²) in [6.45, 7) is 6.65. The third-order valence-electron chi connectivity index (χ3n) is 2.85. The van der Waals surface area contributed by atoms with Crippen molar-refractivity contribution in [2.75, 3.05) is 13.7 Å². The summed E-state index contributed by atoms with van der Waals surface area (Å²) >= 11 is 0. The normalized spacial score (nSPS) is 11.8. The third kappa shape index (κ3) is 3.66. The summed E-state index contributed by atoms with van der Waals surface area (Å²) in [5.41, 5.74) is 1.69. The molecule has 0 unspecified atom stereocenters. The van der Waals surface area contributed by atoms with Crippen LogP contribution >= 0.6 is 0 Å². The zero-order chi connectivity index (χ0) is 13.8. The van der Waals surface area contributed by atoms with Gasteiger partial charge >= 0.3 is 0 Å². The number of pyridine rings is 1. The minimum atomic E-state index is -0.203. The van der Waals surface area contributed by atoms with Gasteiger partial charge in [0.05, 0.1) is 18.9 Å². The molecule has 0 saturated heterocycles. The van der Waals surface area contributed by atoms with Crippen molar-refractivity contribution in [3.05, 3.63) is 23.0 Å². The molecule has 1 heterocycles. The third-order valence-corrected chi connectivity index (χ3v) is 2.85. The van der Waals surface area contributed by atoms with Gasteiger partial charge < -0.3 is 20.3 Å². The maximum absolute atomic E-state index is 9.99. The second-order valence-corrected chi connectivity index (χ2v) is 5.02. The number of aliphatic hydroxyl groups is 1. The number of ether oxygens (including phenoxy) is 1. The average molecular weight is 254 g/mol. The maximum atomic E-state index is 9.99. The van der Waals surface area contributed by atoms with E-state index in [2.05, 4.69) is 10.3 Å². The van der Waals surface area contributed by atoms with Crippen LogP contribution in [-0.4, -0.2) is 34.5 Å². The van der Waals surface area contributed by atoms with Gasteiger partial charge in [-0.25, -0.2) is 0 Å². The van der Waals surface area contributed by atoms with Crippen molar-refractivity contribution in [1.82, 2.24) is 10.3 Å². The molecule has 1 aromatic heterocycles. The Morgan fingerprint density at radius 2 is 2.11 bits per heavy atom. The molecule has 5 heteroatoms. The predicted octanol–water partition coefficient (Wildman–Crippen LogP) is 1.10. The highest BCUT2D eigenvalue weighted by Crippen LogP contribution is 2.24. The van der Waals surface area contributed by atoms with Gasteiger partial charge in [-0.3, -0.25) is 4.98 Å². The minimum absolute atomic E-state index is 0.136. The van der Waals surface area contributed by atoms with Crippen LogP contribution in [-0.2, 0) is 17.9 Å². The highest BCUT2D eigenvalue weighted by atomic mass is 16.5. The first-order valence-electron chi connectivity index (χ1n) is 5.92. The lowest BCUT2D eigenvalue weighted by Gasteiger charge is -2.26. The van der Waals surface area contributed by atoms with Gasteiger partial charge in [-0.05, 0) is 20.8 Å². The molecule has 0 fully saturated rings. The van der Waals surface area contributed by atoms with E-state index in [1.807, 2.05) is 13.8 Å². The number of aryl methyl sites for hydroxylation is 1. The van der Waals surface area contributed by atoms with Gasteiger partial charge in [0, 0.05) is 36.5 Å². The monoisotopic (exact) mass is 254 g/mol. The van der Waals surface area contributed by atoms with Crippen LogP contribution in [0, 0.1) is 6.92 Å². The van der Waals surface area contributed by atoms with E-state index >= 15 is 0 Å². The van der Waals surface area contributed by atoms with Crippen molar-refractivity contribution in [2.45, 2.75) is 39.5 Å². The van der Waals surface area contributed by atoms with Crippen molar-refractivity contribution in [1.29, 1.82) is 0 Å². The Morgan fingerprint density at radius 3 is 2.67 bits per heavy atom. The van der Waals surface area contributed by atoms with E-state index in [-0.39, 0.29) is 17.9 Å². The van der Waals surface area contributed by atoms with Crippen LogP contribution in [0.5, 0.6) is 5.75 Å². The standard InChI is InChI=1S/C13H22N2O3/c1-9-12(17)11(10(7-16)5-14-9)6-15-13(2,3)8-18-4/h5,15-17H,6-8H2,1-4H3. The molecule has 3 N–H and O–H groups in total. The number of nitrogens with zero attached hydrogens (tertiary/aromatic N) is 1. The lowest BCUT2D eigenvalue weighted by atomic mass is 10.0. The first kappa shape index (κ1) is 14.9. The summed E-state index contributed by atoms with van der Waals surface area (Å²) in [6.07, 6.45) is 1.59. The van der Waals surface area contributed by atoms with E-state index in [1.165, 1.54) is 0 Å². The van der Waals surface area contributed by atoms with E-state index in [0.29, 0.717) is 30.0 Å². The van der Waals surface area contributed by atoms with Crippen LogP contribution in [0.2, 0.25) is 0 Å². The molecule has 0 aliphatic carbocycles. The Morgan fingerprint density at radius 1 is 1.44 bits per heavy atom. The van der Waals surface area contributed by atoms with Crippen LogP contribution < -0.4 is 5.32 Å². The van der Waals surface area contributed by atoms with Gasteiger partial charge in [0.15, 0.2) is 0 Å².